The molecule has 0 spiro atoms. The van der Waals surface area contributed by atoms with E-state index in [0.717, 1.165) is 37.8 Å². The van der Waals surface area contributed by atoms with E-state index in [1.165, 1.54) is 12.8 Å². The van der Waals surface area contributed by atoms with Gasteiger partial charge in [-0.25, -0.2) is 9.97 Å². The first-order valence-electron chi connectivity index (χ1n) is 6.93. The summed E-state index contributed by atoms with van der Waals surface area (Å²) in [4.78, 5) is 13.3. The minimum Gasteiger partial charge on any atom is -0.383 e. The molecule has 0 aromatic carbocycles. The fourth-order valence-electron chi connectivity index (χ4n) is 2.57. The molecule has 1 aromatic heterocycles. The Morgan fingerprint density at radius 1 is 1.37 bits per heavy atom. The van der Waals surface area contributed by atoms with Crippen LogP contribution in [-0.4, -0.2) is 61.3 Å². The summed E-state index contributed by atoms with van der Waals surface area (Å²) >= 11 is 0. The quantitative estimate of drug-likeness (QED) is 0.802. The Hall–Kier alpha value is -1.20. The van der Waals surface area contributed by atoms with Crippen LogP contribution < -0.4 is 4.90 Å². The molecule has 1 aliphatic heterocycles. The zero-order valence-electron chi connectivity index (χ0n) is 12.2. The second kappa shape index (κ2) is 6.82. The van der Waals surface area contributed by atoms with Crippen molar-refractivity contribution in [2.24, 2.45) is 0 Å². The van der Waals surface area contributed by atoms with Gasteiger partial charge in [0.2, 0.25) is 0 Å². The molecule has 5 heteroatoms. The molecule has 5 nitrogen and oxygen atoms in total. The fraction of sp³-hybridized carbons (Fsp3) is 0.714. The summed E-state index contributed by atoms with van der Waals surface area (Å²) in [5.74, 6) is 1.03. The molecular formula is C14H24N4O. The van der Waals surface area contributed by atoms with Crippen molar-refractivity contribution in [2.45, 2.75) is 25.8 Å². The van der Waals surface area contributed by atoms with Crippen molar-refractivity contribution in [3.05, 3.63) is 18.1 Å². The molecule has 0 saturated carbocycles. The van der Waals surface area contributed by atoms with Crippen molar-refractivity contribution in [3.8, 4) is 0 Å². The third-order valence-corrected chi connectivity index (χ3v) is 3.87. The highest BCUT2D eigenvalue weighted by Gasteiger charge is 2.23. The van der Waals surface area contributed by atoms with Gasteiger partial charge in [-0.1, -0.05) is 0 Å². The van der Waals surface area contributed by atoms with Crippen LogP contribution in [0.15, 0.2) is 12.4 Å². The average molecular weight is 264 g/mol. The van der Waals surface area contributed by atoms with Crippen molar-refractivity contribution >= 4 is 5.82 Å². The van der Waals surface area contributed by atoms with Crippen LogP contribution in [0, 0.1) is 6.92 Å². The third kappa shape index (κ3) is 3.88. The van der Waals surface area contributed by atoms with Gasteiger partial charge in [0.15, 0.2) is 0 Å². The maximum Gasteiger partial charge on any atom is 0.132 e. The number of rotatable bonds is 5. The van der Waals surface area contributed by atoms with Crippen LogP contribution in [0.3, 0.4) is 0 Å². The molecule has 0 unspecified atom stereocenters. The van der Waals surface area contributed by atoms with E-state index in [1.54, 1.807) is 13.4 Å². The zero-order valence-corrected chi connectivity index (χ0v) is 12.2. The van der Waals surface area contributed by atoms with Crippen LogP contribution in [0.25, 0.3) is 0 Å². The molecule has 1 aliphatic rings. The van der Waals surface area contributed by atoms with Crippen LogP contribution in [0.4, 0.5) is 5.82 Å². The summed E-state index contributed by atoms with van der Waals surface area (Å²) in [5.41, 5.74) is 1.02. The molecule has 0 N–H and O–H groups in total. The lowest BCUT2D eigenvalue weighted by Gasteiger charge is -2.37. The molecule has 1 aromatic rings. The average Bonchev–Trinajstić information content (AvgIpc) is 2.45. The predicted molar refractivity (Wildman–Crippen MR) is 76.5 cm³/mol. The van der Waals surface area contributed by atoms with Crippen LogP contribution >= 0.6 is 0 Å². The summed E-state index contributed by atoms with van der Waals surface area (Å²) in [6.45, 7) is 6.16. The van der Waals surface area contributed by atoms with Gasteiger partial charge < -0.3 is 14.5 Å². The first kappa shape index (κ1) is 14.2. The van der Waals surface area contributed by atoms with Crippen molar-refractivity contribution < 1.29 is 4.74 Å². The SMILES string of the molecule is COCCN1CCC(N(C)c2cc(C)ncn2)CC1. The molecule has 106 valence electrons. The number of piperidine rings is 1. The van der Waals surface area contributed by atoms with Crippen LogP contribution in [0.1, 0.15) is 18.5 Å². The molecule has 0 bridgehead atoms. The monoisotopic (exact) mass is 264 g/mol. The maximum atomic E-state index is 5.13. The second-order valence-electron chi connectivity index (χ2n) is 5.19. The molecule has 0 atom stereocenters. The van der Waals surface area contributed by atoms with Gasteiger partial charge in [-0.3, -0.25) is 0 Å². The standard InChI is InChI=1S/C14H24N4O/c1-12-10-14(16-11-15-12)17(2)13-4-6-18(7-5-13)8-9-19-3/h10-11,13H,4-9H2,1-3H3. The second-order valence-corrected chi connectivity index (χ2v) is 5.19. The number of ether oxygens (including phenoxy) is 1. The van der Waals surface area contributed by atoms with Crippen LogP contribution in [-0.2, 0) is 4.74 Å². The highest BCUT2D eigenvalue weighted by Crippen LogP contribution is 2.20. The number of anilines is 1. The summed E-state index contributed by atoms with van der Waals surface area (Å²) < 4.78 is 5.13. The number of aryl methyl sites for hydroxylation is 1. The Morgan fingerprint density at radius 2 is 2.11 bits per heavy atom. The summed E-state index contributed by atoms with van der Waals surface area (Å²) in [7, 11) is 3.90. The first-order valence-corrected chi connectivity index (χ1v) is 6.93. The lowest BCUT2D eigenvalue weighted by molar-refractivity contribution is 0.130. The minimum atomic E-state index is 0.577. The van der Waals surface area contributed by atoms with Crippen molar-refractivity contribution in [1.29, 1.82) is 0 Å². The Labute approximate surface area is 115 Å². The van der Waals surface area contributed by atoms with Gasteiger partial charge in [-0.05, 0) is 19.8 Å². The number of hydrogen-bond acceptors (Lipinski definition) is 5. The van der Waals surface area contributed by atoms with E-state index < -0.39 is 0 Å². The highest BCUT2D eigenvalue weighted by molar-refractivity contribution is 5.39. The van der Waals surface area contributed by atoms with Gasteiger partial charge in [-0.15, -0.1) is 0 Å². The van der Waals surface area contributed by atoms with Gasteiger partial charge in [0, 0.05) is 51.6 Å². The lowest BCUT2D eigenvalue weighted by Crippen LogP contribution is -2.44. The highest BCUT2D eigenvalue weighted by atomic mass is 16.5. The number of aromatic nitrogens is 2. The summed E-state index contributed by atoms with van der Waals surface area (Å²) in [5, 5.41) is 0. The van der Waals surface area contributed by atoms with Gasteiger partial charge in [0.25, 0.3) is 0 Å². The summed E-state index contributed by atoms with van der Waals surface area (Å²) in [6, 6.07) is 2.63. The normalized spacial score (nSPS) is 17.6. The number of likely N-dealkylation sites (tertiary alicyclic amines) is 1. The third-order valence-electron chi connectivity index (χ3n) is 3.87. The Bertz CT molecular complexity index is 391. The number of hydrogen-bond donors (Lipinski definition) is 0. The smallest absolute Gasteiger partial charge is 0.132 e. The maximum absolute atomic E-state index is 5.13. The van der Waals surface area contributed by atoms with E-state index in [2.05, 4.69) is 32.9 Å². The van der Waals surface area contributed by atoms with E-state index in [9.17, 15) is 0 Å². The van der Waals surface area contributed by atoms with Crippen molar-refractivity contribution in [2.75, 3.05) is 45.3 Å². The number of nitrogens with zero attached hydrogens (tertiary/aromatic N) is 4. The Balaban J connectivity index is 1.87. The fourth-order valence-corrected chi connectivity index (χ4v) is 2.57. The Kier molecular flexibility index (Phi) is 5.10. The van der Waals surface area contributed by atoms with Gasteiger partial charge >= 0.3 is 0 Å². The van der Waals surface area contributed by atoms with Crippen LogP contribution in [0.5, 0.6) is 0 Å². The van der Waals surface area contributed by atoms with Gasteiger partial charge in [0.05, 0.1) is 6.61 Å². The van der Waals surface area contributed by atoms with Gasteiger partial charge in [-0.2, -0.15) is 0 Å². The summed E-state index contributed by atoms with van der Waals surface area (Å²) in [6.07, 6.45) is 4.02. The molecular weight excluding hydrogens is 240 g/mol. The van der Waals surface area contributed by atoms with Crippen LogP contribution in [0.2, 0.25) is 0 Å². The topological polar surface area (TPSA) is 41.5 Å². The molecule has 1 fully saturated rings. The molecule has 2 heterocycles. The molecule has 2 rings (SSSR count). The molecule has 0 radical (unpaired) electrons. The molecule has 0 amide bonds. The van der Waals surface area contributed by atoms with E-state index >= 15 is 0 Å². The van der Waals surface area contributed by atoms with E-state index in [1.807, 2.05) is 6.92 Å². The molecule has 0 aliphatic carbocycles. The van der Waals surface area contributed by atoms with E-state index in [-0.39, 0.29) is 0 Å². The van der Waals surface area contributed by atoms with E-state index in [0.29, 0.717) is 6.04 Å². The largest absolute Gasteiger partial charge is 0.383 e. The zero-order chi connectivity index (χ0) is 13.7. The van der Waals surface area contributed by atoms with Gasteiger partial charge in [0.1, 0.15) is 12.1 Å². The lowest BCUT2D eigenvalue weighted by atomic mass is 10.0. The predicted octanol–water partition coefficient (Wildman–Crippen LogP) is 1.33. The molecule has 19 heavy (non-hydrogen) atoms. The number of methoxy groups -OCH3 is 1. The first-order chi connectivity index (χ1) is 9.20. The van der Waals surface area contributed by atoms with Crippen molar-refractivity contribution in [1.82, 2.24) is 14.9 Å². The van der Waals surface area contributed by atoms with E-state index in [4.69, 9.17) is 4.74 Å². The van der Waals surface area contributed by atoms with Crippen molar-refractivity contribution in [3.63, 3.8) is 0 Å². The molecule has 1 saturated heterocycles. The Morgan fingerprint density at radius 3 is 2.74 bits per heavy atom. The minimum absolute atomic E-state index is 0.577.